The van der Waals surface area contributed by atoms with Crippen molar-refractivity contribution in [3.8, 4) is 0 Å². The van der Waals surface area contributed by atoms with Crippen molar-refractivity contribution < 1.29 is 12.9 Å². The molecule has 4 nitrogen and oxygen atoms in total. The highest BCUT2D eigenvalue weighted by atomic mass is 35.7. The molecule has 0 aliphatic heterocycles. The molecule has 0 bridgehead atoms. The van der Waals surface area contributed by atoms with Gasteiger partial charge >= 0.3 is 0 Å². The first-order chi connectivity index (χ1) is 4.99. The van der Waals surface area contributed by atoms with Crippen LogP contribution in [0.2, 0.25) is 0 Å². The highest BCUT2D eigenvalue weighted by Crippen LogP contribution is 2.12. The molecule has 6 heteroatoms. The van der Waals surface area contributed by atoms with Crippen LogP contribution in [0, 0.1) is 6.92 Å². The first kappa shape index (κ1) is 8.55. The molecule has 1 aromatic rings. The molecule has 0 saturated heterocycles. The second kappa shape index (κ2) is 2.83. The zero-order chi connectivity index (χ0) is 8.48. The lowest BCUT2D eigenvalue weighted by Crippen LogP contribution is -1.94. The van der Waals surface area contributed by atoms with E-state index >= 15 is 0 Å². The molecule has 0 aromatic carbocycles. The minimum Gasteiger partial charge on any atom is -0.364 e. The summed E-state index contributed by atoms with van der Waals surface area (Å²) in [5, 5.41) is 3.50. The largest absolute Gasteiger partial charge is 0.364 e. The van der Waals surface area contributed by atoms with Crippen molar-refractivity contribution in [3.05, 3.63) is 17.5 Å². The third-order valence-corrected chi connectivity index (χ3v) is 2.16. The van der Waals surface area contributed by atoms with Gasteiger partial charge in [0.15, 0.2) is 0 Å². The molecule has 0 saturated carbocycles. The first-order valence-electron chi connectivity index (χ1n) is 2.81. The molecule has 0 amide bonds. The number of hydrogen-bond donors (Lipinski definition) is 0. The molecule has 0 unspecified atom stereocenters. The molecule has 0 fully saturated rings. The lowest BCUT2D eigenvalue weighted by atomic mass is 10.3. The predicted molar refractivity (Wildman–Crippen MR) is 39.7 cm³/mol. The maximum Gasteiger partial charge on any atom is 0.236 e. The van der Waals surface area contributed by atoms with E-state index in [1.165, 1.54) is 6.26 Å². The van der Waals surface area contributed by atoms with Crippen LogP contribution in [0.25, 0.3) is 0 Å². The molecule has 1 aromatic heterocycles. The zero-order valence-electron chi connectivity index (χ0n) is 5.74. The molecule has 11 heavy (non-hydrogen) atoms. The van der Waals surface area contributed by atoms with Gasteiger partial charge in [-0.25, -0.2) is 8.42 Å². The van der Waals surface area contributed by atoms with Gasteiger partial charge in [-0.1, -0.05) is 5.16 Å². The van der Waals surface area contributed by atoms with Crippen LogP contribution < -0.4 is 0 Å². The van der Waals surface area contributed by atoms with Crippen LogP contribution in [-0.4, -0.2) is 13.6 Å². The van der Waals surface area contributed by atoms with E-state index in [0.29, 0.717) is 11.3 Å². The van der Waals surface area contributed by atoms with Crippen molar-refractivity contribution in [2.24, 2.45) is 0 Å². The van der Waals surface area contributed by atoms with Gasteiger partial charge in [0.2, 0.25) is 9.05 Å². The Hall–Kier alpha value is -0.550. The van der Waals surface area contributed by atoms with Crippen LogP contribution in [0.15, 0.2) is 10.8 Å². The van der Waals surface area contributed by atoms with Gasteiger partial charge in [-0.05, 0) is 6.92 Å². The third kappa shape index (κ3) is 2.51. The second-order valence-corrected chi connectivity index (χ2v) is 4.89. The van der Waals surface area contributed by atoms with Gasteiger partial charge in [-0.3, -0.25) is 0 Å². The van der Waals surface area contributed by atoms with E-state index in [-0.39, 0.29) is 5.75 Å². The molecule has 1 rings (SSSR count). The maximum atomic E-state index is 10.5. The van der Waals surface area contributed by atoms with Crippen molar-refractivity contribution in [1.29, 1.82) is 0 Å². The number of aromatic nitrogens is 1. The Morgan fingerprint density at radius 1 is 1.73 bits per heavy atom. The Morgan fingerprint density at radius 3 is 2.73 bits per heavy atom. The summed E-state index contributed by atoms with van der Waals surface area (Å²) in [6.07, 6.45) is 1.27. The van der Waals surface area contributed by atoms with E-state index in [9.17, 15) is 8.42 Å². The van der Waals surface area contributed by atoms with Crippen LogP contribution in [-0.2, 0) is 14.8 Å². The molecule has 1 heterocycles. The van der Waals surface area contributed by atoms with Gasteiger partial charge in [-0.15, -0.1) is 0 Å². The minimum atomic E-state index is -3.50. The van der Waals surface area contributed by atoms with Crippen molar-refractivity contribution in [3.63, 3.8) is 0 Å². The van der Waals surface area contributed by atoms with E-state index in [0.717, 1.165) is 0 Å². The zero-order valence-corrected chi connectivity index (χ0v) is 7.32. The van der Waals surface area contributed by atoms with E-state index < -0.39 is 9.05 Å². The monoisotopic (exact) mass is 195 g/mol. The summed E-state index contributed by atoms with van der Waals surface area (Å²) in [6.45, 7) is 1.65. The highest BCUT2D eigenvalue weighted by molar-refractivity contribution is 8.13. The summed E-state index contributed by atoms with van der Waals surface area (Å²) in [6, 6.07) is 0. The van der Waals surface area contributed by atoms with Crippen molar-refractivity contribution >= 4 is 19.7 Å². The number of aryl methyl sites for hydroxylation is 1. The fourth-order valence-electron chi connectivity index (χ4n) is 0.637. The number of hydrogen-bond acceptors (Lipinski definition) is 4. The molecular weight excluding hydrogens is 190 g/mol. The van der Waals surface area contributed by atoms with Gasteiger partial charge in [0.1, 0.15) is 6.26 Å². The minimum absolute atomic E-state index is 0.232. The molecule has 0 aliphatic carbocycles. The van der Waals surface area contributed by atoms with Crippen molar-refractivity contribution in [2.75, 3.05) is 0 Å². The summed E-state index contributed by atoms with van der Waals surface area (Å²) in [5.41, 5.74) is 1.05. The maximum absolute atomic E-state index is 10.5. The topological polar surface area (TPSA) is 60.2 Å². The average Bonchev–Trinajstić information content (AvgIpc) is 2.12. The highest BCUT2D eigenvalue weighted by Gasteiger charge is 2.11. The Balaban J connectivity index is 2.89. The number of nitrogens with zero attached hydrogens (tertiary/aromatic N) is 1. The third-order valence-electron chi connectivity index (χ3n) is 1.18. The average molecular weight is 196 g/mol. The van der Waals surface area contributed by atoms with Crippen LogP contribution in [0.5, 0.6) is 0 Å². The van der Waals surface area contributed by atoms with Gasteiger partial charge in [0.05, 0.1) is 11.4 Å². The van der Waals surface area contributed by atoms with Crippen LogP contribution in [0.1, 0.15) is 11.3 Å². The van der Waals surface area contributed by atoms with Gasteiger partial charge in [0.25, 0.3) is 0 Å². The number of halogens is 1. The fraction of sp³-hybridized carbons (Fsp3) is 0.400. The Bertz CT molecular complexity index is 342. The number of rotatable bonds is 2. The van der Waals surface area contributed by atoms with Crippen molar-refractivity contribution in [2.45, 2.75) is 12.7 Å². The van der Waals surface area contributed by atoms with Gasteiger partial charge < -0.3 is 4.52 Å². The normalized spacial score (nSPS) is 11.8. The lowest BCUT2D eigenvalue weighted by Gasteiger charge is -1.90. The molecule has 0 spiro atoms. The molecule has 0 N–H and O–H groups in total. The van der Waals surface area contributed by atoms with Crippen LogP contribution >= 0.6 is 10.7 Å². The van der Waals surface area contributed by atoms with E-state index in [4.69, 9.17) is 10.7 Å². The van der Waals surface area contributed by atoms with E-state index in [2.05, 4.69) is 9.68 Å². The molecule has 0 aliphatic rings. The first-order valence-corrected chi connectivity index (χ1v) is 5.29. The van der Waals surface area contributed by atoms with Gasteiger partial charge in [0, 0.05) is 16.2 Å². The van der Waals surface area contributed by atoms with Crippen LogP contribution in [0.3, 0.4) is 0 Å². The Kier molecular flexibility index (Phi) is 2.20. The SMILES string of the molecule is Cc1nocc1CS(=O)(=O)Cl. The summed E-state index contributed by atoms with van der Waals surface area (Å²) in [7, 11) is 1.50. The Morgan fingerprint density at radius 2 is 2.36 bits per heavy atom. The summed E-state index contributed by atoms with van der Waals surface area (Å²) >= 11 is 0. The van der Waals surface area contributed by atoms with E-state index in [1.54, 1.807) is 6.92 Å². The van der Waals surface area contributed by atoms with Gasteiger partial charge in [-0.2, -0.15) is 0 Å². The van der Waals surface area contributed by atoms with E-state index in [1.807, 2.05) is 0 Å². The predicted octanol–water partition coefficient (Wildman–Crippen LogP) is 1.05. The summed E-state index contributed by atoms with van der Waals surface area (Å²) < 4.78 is 25.6. The van der Waals surface area contributed by atoms with Crippen molar-refractivity contribution in [1.82, 2.24) is 5.16 Å². The molecule has 0 atom stereocenters. The second-order valence-electron chi connectivity index (χ2n) is 2.11. The van der Waals surface area contributed by atoms with Crippen LogP contribution in [0.4, 0.5) is 0 Å². The molecular formula is C5H6ClNO3S. The fourth-order valence-corrected chi connectivity index (χ4v) is 1.64. The molecule has 62 valence electrons. The quantitative estimate of drug-likeness (QED) is 0.662. The summed E-state index contributed by atoms with van der Waals surface area (Å²) in [5.74, 6) is -0.232. The molecule has 0 radical (unpaired) electrons. The standard InChI is InChI=1S/C5H6ClNO3S/c1-4-5(2-10-7-4)3-11(6,8)9/h2H,3H2,1H3. The Labute approximate surface area is 68.6 Å². The smallest absolute Gasteiger partial charge is 0.236 e. The lowest BCUT2D eigenvalue weighted by molar-refractivity contribution is 0.414. The summed E-state index contributed by atoms with van der Waals surface area (Å²) in [4.78, 5) is 0.